The summed E-state index contributed by atoms with van der Waals surface area (Å²) < 4.78 is 50.9. The molecule has 10 heteroatoms. The Morgan fingerprint density at radius 1 is 1.28 bits per heavy atom. The molecule has 0 radical (unpaired) electrons. The maximum absolute atomic E-state index is 13.1. The van der Waals surface area contributed by atoms with E-state index in [0.29, 0.717) is 5.69 Å². The Morgan fingerprint density at radius 2 is 2.04 bits per heavy atom. The molecule has 0 atom stereocenters. The molecule has 3 N–H and O–H groups in total. The van der Waals surface area contributed by atoms with Gasteiger partial charge in [-0.15, -0.1) is 0 Å². The minimum atomic E-state index is -4.54. The van der Waals surface area contributed by atoms with Crippen LogP contribution in [0.5, 0.6) is 0 Å². The van der Waals surface area contributed by atoms with Gasteiger partial charge < -0.3 is 11.2 Å². The molecule has 5 nitrogen and oxygen atoms in total. The predicted molar refractivity (Wildman–Crippen MR) is 88.9 cm³/mol. The van der Waals surface area contributed by atoms with E-state index >= 15 is 0 Å². The van der Waals surface area contributed by atoms with Gasteiger partial charge in [-0.1, -0.05) is 11.6 Å². The van der Waals surface area contributed by atoms with Gasteiger partial charge in [-0.2, -0.15) is 18.3 Å². The van der Waals surface area contributed by atoms with Crippen molar-refractivity contribution in [2.45, 2.75) is 6.18 Å². The van der Waals surface area contributed by atoms with Crippen molar-refractivity contribution in [2.24, 2.45) is 15.9 Å². The highest BCUT2D eigenvalue weighted by molar-refractivity contribution is 6.33. The molecule has 2 aromatic rings. The largest absolute Gasteiger partial charge is 0.433 e. The Kier molecular flexibility index (Phi) is 5.92. The van der Waals surface area contributed by atoms with E-state index in [2.05, 4.69) is 20.4 Å². The predicted octanol–water partition coefficient (Wildman–Crippen LogP) is 4.02. The maximum Gasteiger partial charge on any atom is 0.433 e. The third-order valence-electron chi connectivity index (χ3n) is 2.96. The van der Waals surface area contributed by atoms with Gasteiger partial charge in [0.05, 0.1) is 29.2 Å². The maximum atomic E-state index is 13.1. The molecule has 1 aromatic heterocycles. The molecule has 25 heavy (non-hydrogen) atoms. The molecule has 0 bridgehead atoms. The molecule has 0 aliphatic rings. The number of halogens is 5. The van der Waals surface area contributed by atoms with E-state index in [1.165, 1.54) is 24.4 Å². The number of aliphatic imine (C=N–C) groups is 1. The fourth-order valence-corrected chi connectivity index (χ4v) is 1.90. The zero-order valence-corrected chi connectivity index (χ0v) is 13.3. The Hall–Kier alpha value is -2.68. The van der Waals surface area contributed by atoms with Crippen LogP contribution in [-0.2, 0) is 6.18 Å². The van der Waals surface area contributed by atoms with Gasteiger partial charge in [-0.25, -0.2) is 4.39 Å². The van der Waals surface area contributed by atoms with E-state index in [-0.39, 0.29) is 23.0 Å². The smallest absolute Gasteiger partial charge is 0.379 e. The molecular weight excluding hydrogens is 362 g/mol. The molecule has 0 fully saturated rings. The minimum Gasteiger partial charge on any atom is -0.379 e. The molecule has 1 heterocycles. The zero-order chi connectivity index (χ0) is 18.4. The second-order valence-electron chi connectivity index (χ2n) is 4.76. The molecule has 0 aliphatic heterocycles. The standard InChI is InChI=1S/C15H12ClF4N5/c16-12-5-9(1-2-13(12)17)23-7-11(25-21)8-24-10-3-4-22-14(6-10)15(18,19)20/h1-7H,8,21H2,(H,22,24). The van der Waals surface area contributed by atoms with Crippen molar-refractivity contribution in [1.82, 2.24) is 4.98 Å². The SMILES string of the molecule is NN=C(C=Nc1ccc(F)c(Cl)c1)CNc1ccnc(C(F)(F)F)c1. The number of hydrogen-bond acceptors (Lipinski definition) is 5. The van der Waals surface area contributed by atoms with Crippen molar-refractivity contribution in [3.8, 4) is 0 Å². The molecular formula is C15H12ClF4N5. The minimum absolute atomic E-state index is 0.0240. The number of nitrogens with two attached hydrogens (primary N) is 1. The third kappa shape index (κ3) is 5.42. The third-order valence-corrected chi connectivity index (χ3v) is 3.25. The molecule has 0 aliphatic carbocycles. The van der Waals surface area contributed by atoms with E-state index in [1.807, 2.05) is 0 Å². The topological polar surface area (TPSA) is 75.7 Å². The van der Waals surface area contributed by atoms with Crippen molar-refractivity contribution in [2.75, 3.05) is 11.9 Å². The number of nitrogens with zero attached hydrogens (tertiary/aromatic N) is 3. The second-order valence-corrected chi connectivity index (χ2v) is 5.17. The molecule has 1 aromatic carbocycles. The van der Waals surface area contributed by atoms with Crippen LogP contribution in [0, 0.1) is 5.82 Å². The molecule has 0 saturated heterocycles. The van der Waals surface area contributed by atoms with Crippen LogP contribution >= 0.6 is 11.6 Å². The van der Waals surface area contributed by atoms with Crippen LogP contribution in [0.25, 0.3) is 0 Å². The lowest BCUT2D eigenvalue weighted by Gasteiger charge is -2.09. The molecule has 0 saturated carbocycles. The van der Waals surface area contributed by atoms with Gasteiger partial charge in [-0.05, 0) is 30.3 Å². The quantitative estimate of drug-likeness (QED) is 0.360. The number of aromatic nitrogens is 1. The van der Waals surface area contributed by atoms with Gasteiger partial charge in [0.15, 0.2) is 0 Å². The van der Waals surface area contributed by atoms with Gasteiger partial charge in [-0.3, -0.25) is 9.98 Å². The lowest BCUT2D eigenvalue weighted by atomic mass is 10.3. The zero-order valence-electron chi connectivity index (χ0n) is 12.6. The monoisotopic (exact) mass is 373 g/mol. The number of benzene rings is 1. The highest BCUT2D eigenvalue weighted by Crippen LogP contribution is 2.28. The number of hydrazone groups is 1. The van der Waals surface area contributed by atoms with Crippen LogP contribution in [0.4, 0.5) is 28.9 Å². The van der Waals surface area contributed by atoms with E-state index in [1.54, 1.807) is 0 Å². The Bertz CT molecular complexity index is 805. The number of rotatable bonds is 5. The molecule has 0 spiro atoms. The van der Waals surface area contributed by atoms with Gasteiger partial charge >= 0.3 is 6.18 Å². The van der Waals surface area contributed by atoms with Crippen LogP contribution in [0.2, 0.25) is 5.02 Å². The Labute approximate surface area is 145 Å². The van der Waals surface area contributed by atoms with Gasteiger partial charge in [0.2, 0.25) is 0 Å². The van der Waals surface area contributed by atoms with Crippen molar-refractivity contribution in [3.05, 3.63) is 53.1 Å². The highest BCUT2D eigenvalue weighted by Gasteiger charge is 2.32. The lowest BCUT2D eigenvalue weighted by molar-refractivity contribution is -0.141. The summed E-state index contributed by atoms with van der Waals surface area (Å²) in [5.74, 6) is 4.66. The summed E-state index contributed by atoms with van der Waals surface area (Å²) in [5.41, 5.74) is -0.193. The van der Waals surface area contributed by atoms with Crippen LogP contribution in [-0.4, -0.2) is 23.5 Å². The Morgan fingerprint density at radius 3 is 2.68 bits per heavy atom. The first-order chi connectivity index (χ1) is 11.8. The second kappa shape index (κ2) is 7.93. The van der Waals surface area contributed by atoms with Gasteiger partial charge in [0.1, 0.15) is 11.5 Å². The molecule has 2 rings (SSSR count). The first-order valence-electron chi connectivity index (χ1n) is 6.82. The summed E-state index contributed by atoms with van der Waals surface area (Å²) in [7, 11) is 0. The van der Waals surface area contributed by atoms with Crippen molar-refractivity contribution >= 4 is 34.9 Å². The van der Waals surface area contributed by atoms with Crippen LogP contribution in [0.15, 0.2) is 46.6 Å². The van der Waals surface area contributed by atoms with E-state index < -0.39 is 17.7 Å². The molecule has 0 amide bonds. The fourth-order valence-electron chi connectivity index (χ4n) is 1.73. The molecule has 132 valence electrons. The molecule has 0 unspecified atom stereocenters. The Balaban J connectivity index is 2.03. The summed E-state index contributed by atoms with van der Waals surface area (Å²) in [5, 5.41) is 6.14. The number of alkyl halides is 3. The van der Waals surface area contributed by atoms with Gasteiger partial charge in [0, 0.05) is 11.9 Å². The first-order valence-corrected chi connectivity index (χ1v) is 7.20. The summed E-state index contributed by atoms with van der Waals surface area (Å²) >= 11 is 5.64. The summed E-state index contributed by atoms with van der Waals surface area (Å²) in [6.45, 7) is 0.0240. The van der Waals surface area contributed by atoms with Crippen LogP contribution in [0.1, 0.15) is 5.69 Å². The normalized spacial score (nSPS) is 12.6. The first kappa shape index (κ1) is 18.7. The highest BCUT2D eigenvalue weighted by atomic mass is 35.5. The number of nitrogens with one attached hydrogen (secondary N) is 1. The van der Waals surface area contributed by atoms with E-state index in [0.717, 1.165) is 18.3 Å². The fraction of sp³-hybridized carbons (Fsp3) is 0.133. The number of hydrogen-bond donors (Lipinski definition) is 2. The summed E-state index contributed by atoms with van der Waals surface area (Å²) in [4.78, 5) is 7.29. The van der Waals surface area contributed by atoms with Crippen LogP contribution < -0.4 is 11.2 Å². The van der Waals surface area contributed by atoms with Crippen LogP contribution in [0.3, 0.4) is 0 Å². The summed E-state index contributed by atoms with van der Waals surface area (Å²) in [6.07, 6.45) is -2.20. The van der Waals surface area contributed by atoms with Gasteiger partial charge in [0.25, 0.3) is 0 Å². The van der Waals surface area contributed by atoms with Crippen molar-refractivity contribution in [1.29, 1.82) is 0 Å². The van der Waals surface area contributed by atoms with Crippen molar-refractivity contribution < 1.29 is 17.6 Å². The average molecular weight is 374 g/mol. The summed E-state index contributed by atoms with van der Waals surface area (Å²) in [6, 6.07) is 6.11. The van der Waals surface area contributed by atoms with E-state index in [4.69, 9.17) is 17.4 Å². The lowest BCUT2D eigenvalue weighted by Crippen LogP contribution is -2.17. The average Bonchev–Trinajstić information content (AvgIpc) is 2.57. The van der Waals surface area contributed by atoms with E-state index in [9.17, 15) is 17.6 Å². The number of anilines is 1. The van der Waals surface area contributed by atoms with Crippen molar-refractivity contribution in [3.63, 3.8) is 0 Å². The number of pyridine rings is 1.